The van der Waals surface area contributed by atoms with Gasteiger partial charge in [-0.25, -0.2) is 15.0 Å². The lowest BCUT2D eigenvalue weighted by molar-refractivity contribution is 0.312. The molecule has 4 aromatic rings. The van der Waals surface area contributed by atoms with Gasteiger partial charge >= 0.3 is 0 Å². The van der Waals surface area contributed by atoms with Gasteiger partial charge in [0.25, 0.3) is 0 Å². The fraction of sp³-hybridized carbons (Fsp3) is 0.238. The third-order valence-electron chi connectivity index (χ3n) is 5.19. The van der Waals surface area contributed by atoms with Crippen molar-refractivity contribution < 1.29 is 0 Å². The minimum absolute atomic E-state index is 0.649. The van der Waals surface area contributed by atoms with E-state index in [4.69, 9.17) is 26.6 Å². The quantitative estimate of drug-likeness (QED) is 0.562. The molecule has 0 unspecified atom stereocenters. The van der Waals surface area contributed by atoms with E-state index < -0.39 is 0 Å². The van der Waals surface area contributed by atoms with Gasteiger partial charge in [0.2, 0.25) is 0 Å². The number of rotatable bonds is 3. The number of nitrogens with zero attached hydrogens (tertiary/aromatic N) is 6. The second-order valence-corrected chi connectivity index (χ2v) is 7.62. The van der Waals surface area contributed by atoms with Gasteiger partial charge in [-0.3, -0.25) is 4.98 Å². The Labute approximate surface area is 173 Å². The number of nitrogens with one attached hydrogen (secondary N) is 1. The molecular weight excluding hydrogens is 386 g/mol. The highest BCUT2D eigenvalue weighted by molar-refractivity contribution is 6.30. The molecule has 0 saturated carbocycles. The van der Waals surface area contributed by atoms with Gasteiger partial charge < -0.3 is 14.8 Å². The number of imidazole rings is 1. The Hall–Kier alpha value is -3.03. The third-order valence-corrected chi connectivity index (χ3v) is 5.44. The Morgan fingerprint density at radius 1 is 0.862 bits per heavy atom. The van der Waals surface area contributed by atoms with Crippen LogP contribution in [0.15, 0.2) is 48.8 Å². The average molecular weight is 406 g/mol. The molecule has 7 nitrogen and oxygen atoms in total. The molecule has 0 radical (unpaired) electrons. The van der Waals surface area contributed by atoms with Crippen molar-refractivity contribution in [2.24, 2.45) is 0 Å². The van der Waals surface area contributed by atoms with E-state index in [1.165, 1.54) is 0 Å². The Bertz CT molecular complexity index is 1130. The number of pyridine rings is 1. The fourth-order valence-electron chi connectivity index (χ4n) is 3.50. The van der Waals surface area contributed by atoms with E-state index in [9.17, 15) is 0 Å². The van der Waals surface area contributed by atoms with Gasteiger partial charge in [0.1, 0.15) is 11.3 Å². The molecule has 29 heavy (non-hydrogen) atoms. The summed E-state index contributed by atoms with van der Waals surface area (Å²) in [6, 6.07) is 11.4. The molecule has 3 aromatic heterocycles. The first-order valence-electron chi connectivity index (χ1n) is 9.55. The smallest absolute Gasteiger partial charge is 0.184 e. The number of benzene rings is 1. The van der Waals surface area contributed by atoms with Crippen molar-refractivity contribution >= 4 is 28.6 Å². The molecule has 1 aliphatic rings. The van der Waals surface area contributed by atoms with Gasteiger partial charge in [-0.15, -0.1) is 0 Å². The van der Waals surface area contributed by atoms with E-state index in [1.54, 1.807) is 12.4 Å². The van der Waals surface area contributed by atoms with Crippen LogP contribution in [-0.2, 0) is 0 Å². The predicted molar refractivity (Wildman–Crippen MR) is 115 cm³/mol. The summed E-state index contributed by atoms with van der Waals surface area (Å²) >= 11 is 6.06. The van der Waals surface area contributed by atoms with Crippen LogP contribution < -0.4 is 4.90 Å². The highest BCUT2D eigenvalue weighted by Crippen LogP contribution is 2.29. The summed E-state index contributed by atoms with van der Waals surface area (Å²) in [5.74, 6) is 2.30. The van der Waals surface area contributed by atoms with Crippen LogP contribution in [0.25, 0.3) is 33.9 Å². The molecule has 8 heteroatoms. The number of aromatic nitrogens is 5. The van der Waals surface area contributed by atoms with Crippen LogP contribution >= 0.6 is 11.6 Å². The maximum atomic E-state index is 6.06. The Morgan fingerprint density at radius 2 is 1.59 bits per heavy atom. The fourth-order valence-corrected chi connectivity index (χ4v) is 3.63. The number of halogens is 1. The van der Waals surface area contributed by atoms with Crippen molar-refractivity contribution in [3.05, 3.63) is 53.8 Å². The zero-order valence-corrected chi connectivity index (χ0v) is 16.8. The molecule has 1 aliphatic heterocycles. The van der Waals surface area contributed by atoms with E-state index >= 15 is 0 Å². The minimum Gasteiger partial charge on any atom is -0.352 e. The first-order valence-corrected chi connectivity index (χ1v) is 9.93. The zero-order chi connectivity index (χ0) is 19.8. The number of hydrogen-bond donors (Lipinski definition) is 1. The van der Waals surface area contributed by atoms with Crippen molar-refractivity contribution in [1.82, 2.24) is 29.8 Å². The lowest BCUT2D eigenvalue weighted by Crippen LogP contribution is -2.45. The molecule has 5 rings (SSSR count). The molecule has 0 atom stereocenters. The van der Waals surface area contributed by atoms with Gasteiger partial charge in [-0.05, 0) is 43.4 Å². The van der Waals surface area contributed by atoms with Crippen LogP contribution in [0, 0.1) is 0 Å². The summed E-state index contributed by atoms with van der Waals surface area (Å²) in [5.41, 5.74) is 3.40. The first-order chi connectivity index (χ1) is 14.2. The molecule has 0 aliphatic carbocycles. The molecule has 1 N–H and O–H groups in total. The molecule has 146 valence electrons. The SMILES string of the molecule is CN1CCN(c2nc(-c3ccc(Cl)cc3)nc3nc(-c4ccncc4)[nH]c23)CC1. The normalized spacial score (nSPS) is 15.2. The topological polar surface area (TPSA) is 73.8 Å². The van der Waals surface area contributed by atoms with Gasteiger partial charge in [-0.2, -0.15) is 0 Å². The van der Waals surface area contributed by atoms with Gasteiger partial charge in [0.05, 0.1) is 0 Å². The summed E-state index contributed by atoms with van der Waals surface area (Å²) in [6.45, 7) is 3.80. The maximum absolute atomic E-state index is 6.06. The predicted octanol–water partition coefficient (Wildman–Crippen LogP) is 3.49. The number of hydrogen-bond acceptors (Lipinski definition) is 6. The summed E-state index contributed by atoms with van der Waals surface area (Å²) in [5, 5.41) is 0.689. The second-order valence-electron chi connectivity index (χ2n) is 7.19. The van der Waals surface area contributed by atoms with E-state index in [0.717, 1.165) is 54.5 Å². The standard InChI is InChI=1S/C21H20ClN7/c1-28-10-12-29(13-11-28)21-17-20(25-18(24-17)15-6-8-23-9-7-15)26-19(27-21)14-2-4-16(22)5-3-14/h2-9H,10-13H2,1H3,(H,24,25,26,27). The monoisotopic (exact) mass is 405 g/mol. The van der Waals surface area contributed by atoms with Crippen molar-refractivity contribution in [2.45, 2.75) is 0 Å². The van der Waals surface area contributed by atoms with Crippen molar-refractivity contribution in [1.29, 1.82) is 0 Å². The van der Waals surface area contributed by atoms with Crippen LogP contribution in [0.5, 0.6) is 0 Å². The van der Waals surface area contributed by atoms with E-state index in [-0.39, 0.29) is 0 Å². The number of fused-ring (bicyclic) bond motifs is 1. The van der Waals surface area contributed by atoms with Crippen LogP contribution in [0.2, 0.25) is 5.02 Å². The molecule has 1 saturated heterocycles. The third kappa shape index (κ3) is 3.54. The second kappa shape index (κ2) is 7.42. The molecule has 0 spiro atoms. The number of aromatic amines is 1. The molecule has 4 heterocycles. The molecule has 0 amide bonds. The van der Waals surface area contributed by atoms with Crippen LogP contribution in [-0.4, -0.2) is 63.0 Å². The van der Waals surface area contributed by atoms with Gasteiger partial charge in [-0.1, -0.05) is 11.6 Å². The largest absolute Gasteiger partial charge is 0.352 e. The van der Waals surface area contributed by atoms with Gasteiger partial charge in [0.15, 0.2) is 17.3 Å². The van der Waals surface area contributed by atoms with Crippen LogP contribution in [0.3, 0.4) is 0 Å². The average Bonchev–Trinajstić information content (AvgIpc) is 3.19. The van der Waals surface area contributed by atoms with Crippen molar-refractivity contribution in [2.75, 3.05) is 38.1 Å². The number of likely N-dealkylation sites (N-methyl/N-ethyl adjacent to an activating group) is 1. The highest BCUT2D eigenvalue weighted by atomic mass is 35.5. The van der Waals surface area contributed by atoms with E-state index in [1.807, 2.05) is 36.4 Å². The Morgan fingerprint density at radius 3 is 2.31 bits per heavy atom. The summed E-state index contributed by atoms with van der Waals surface area (Å²) in [7, 11) is 2.14. The minimum atomic E-state index is 0.649. The van der Waals surface area contributed by atoms with Crippen LogP contribution in [0.4, 0.5) is 5.82 Å². The maximum Gasteiger partial charge on any atom is 0.184 e. The summed E-state index contributed by atoms with van der Waals surface area (Å²) < 4.78 is 0. The van der Waals surface area contributed by atoms with E-state index in [2.05, 4.69) is 26.8 Å². The number of H-pyrrole nitrogens is 1. The van der Waals surface area contributed by atoms with Gasteiger partial charge in [0, 0.05) is 54.7 Å². The molecule has 1 fully saturated rings. The van der Waals surface area contributed by atoms with Crippen LogP contribution in [0.1, 0.15) is 0 Å². The number of piperazine rings is 1. The zero-order valence-electron chi connectivity index (χ0n) is 16.0. The highest BCUT2D eigenvalue weighted by Gasteiger charge is 2.22. The van der Waals surface area contributed by atoms with Crippen molar-refractivity contribution in [3.8, 4) is 22.8 Å². The Kier molecular flexibility index (Phi) is 4.61. The number of anilines is 1. The van der Waals surface area contributed by atoms with E-state index in [0.29, 0.717) is 16.5 Å². The Balaban J connectivity index is 1.66. The summed E-state index contributed by atoms with van der Waals surface area (Å²) in [4.78, 5) is 26.6. The summed E-state index contributed by atoms with van der Waals surface area (Å²) in [6.07, 6.45) is 3.52. The molecule has 1 aromatic carbocycles. The molecular formula is C21H20ClN7. The molecule has 0 bridgehead atoms. The van der Waals surface area contributed by atoms with Crippen molar-refractivity contribution in [3.63, 3.8) is 0 Å². The lowest BCUT2D eigenvalue weighted by Gasteiger charge is -2.33. The first kappa shape index (κ1) is 18.0. The lowest BCUT2D eigenvalue weighted by atomic mass is 10.2.